The van der Waals surface area contributed by atoms with Crippen LogP contribution in [-0.2, 0) is 26.1 Å². The molecule has 1 aliphatic rings. The molecule has 1 aromatic carbocycles. The van der Waals surface area contributed by atoms with Gasteiger partial charge in [-0.05, 0) is 30.7 Å². The Labute approximate surface area is 204 Å². The summed E-state index contributed by atoms with van der Waals surface area (Å²) in [6.45, 7) is 4.44. The molecule has 180 valence electrons. The average Bonchev–Trinajstić information content (AvgIpc) is 3.50. The molecular formula is C26H29N7O2. The van der Waals surface area contributed by atoms with Gasteiger partial charge in [0.1, 0.15) is 0 Å². The summed E-state index contributed by atoms with van der Waals surface area (Å²) in [5.74, 6) is 0.438. The average molecular weight is 472 g/mol. The molecule has 35 heavy (non-hydrogen) atoms. The lowest BCUT2D eigenvalue weighted by atomic mass is 10.0. The monoisotopic (exact) mass is 471 g/mol. The molecule has 3 aromatic heterocycles. The first-order valence-electron chi connectivity index (χ1n) is 11.8. The Kier molecular flexibility index (Phi) is 6.69. The normalized spacial score (nSPS) is 14.5. The maximum absolute atomic E-state index is 13.3. The standard InChI is InChI=1S/C26H29N7O2/c1-19(20-7-3-2-4-8-20)29-25(35)24-22-18-31(14-10-23(22)33(30-24)15-16-34)17-21-9-5-13-32(21)26-27-11-6-12-28-26/h2-9,11-13,19,34H,10,14-18H2,1H3,(H,29,35). The molecule has 0 aliphatic carbocycles. The van der Waals surface area contributed by atoms with E-state index in [1.807, 2.05) is 54.1 Å². The zero-order valence-corrected chi connectivity index (χ0v) is 19.7. The van der Waals surface area contributed by atoms with E-state index in [4.69, 9.17) is 0 Å². The van der Waals surface area contributed by atoms with Crippen molar-refractivity contribution in [3.8, 4) is 5.95 Å². The van der Waals surface area contributed by atoms with Crippen LogP contribution in [0.1, 0.15) is 46.0 Å². The van der Waals surface area contributed by atoms with Gasteiger partial charge in [-0.1, -0.05) is 30.3 Å². The van der Waals surface area contributed by atoms with E-state index < -0.39 is 0 Å². The molecule has 0 saturated heterocycles. The molecule has 4 heterocycles. The molecule has 0 spiro atoms. The van der Waals surface area contributed by atoms with Gasteiger partial charge in [-0.15, -0.1) is 0 Å². The van der Waals surface area contributed by atoms with Crippen LogP contribution >= 0.6 is 0 Å². The SMILES string of the molecule is CC(NC(=O)c1nn(CCO)c2c1CN(Cc1cccn1-c1ncccn1)CC2)c1ccccc1. The lowest BCUT2D eigenvalue weighted by molar-refractivity contribution is 0.0931. The number of carbonyl (C=O) groups is 1. The molecule has 1 unspecified atom stereocenters. The third kappa shape index (κ3) is 4.87. The lowest BCUT2D eigenvalue weighted by Gasteiger charge is -2.28. The van der Waals surface area contributed by atoms with E-state index in [1.54, 1.807) is 23.1 Å². The van der Waals surface area contributed by atoms with Crippen LogP contribution < -0.4 is 5.32 Å². The first-order chi connectivity index (χ1) is 17.1. The number of rotatable bonds is 8. The van der Waals surface area contributed by atoms with Crippen LogP contribution in [0.15, 0.2) is 67.1 Å². The minimum Gasteiger partial charge on any atom is -0.394 e. The Bertz CT molecular complexity index is 1280. The molecule has 2 N–H and O–H groups in total. The van der Waals surface area contributed by atoms with Crippen molar-refractivity contribution in [2.24, 2.45) is 0 Å². The minimum atomic E-state index is -0.197. The number of fused-ring (bicyclic) bond motifs is 1. The molecule has 1 atom stereocenters. The van der Waals surface area contributed by atoms with E-state index in [-0.39, 0.29) is 18.6 Å². The summed E-state index contributed by atoms with van der Waals surface area (Å²) in [5.41, 5.74) is 4.50. The Balaban J connectivity index is 1.37. The van der Waals surface area contributed by atoms with E-state index in [9.17, 15) is 9.90 Å². The summed E-state index contributed by atoms with van der Waals surface area (Å²) in [7, 11) is 0. The van der Waals surface area contributed by atoms with E-state index in [1.165, 1.54) is 0 Å². The van der Waals surface area contributed by atoms with Crippen molar-refractivity contribution in [2.75, 3.05) is 13.2 Å². The van der Waals surface area contributed by atoms with Crippen molar-refractivity contribution >= 4 is 5.91 Å². The molecular weight excluding hydrogens is 442 g/mol. The van der Waals surface area contributed by atoms with Gasteiger partial charge in [0.15, 0.2) is 5.69 Å². The third-order valence-corrected chi connectivity index (χ3v) is 6.37. The molecule has 0 saturated carbocycles. The fourth-order valence-corrected chi connectivity index (χ4v) is 4.62. The van der Waals surface area contributed by atoms with Crippen molar-refractivity contribution in [1.29, 1.82) is 0 Å². The van der Waals surface area contributed by atoms with Crippen molar-refractivity contribution in [1.82, 2.24) is 34.5 Å². The molecule has 1 aliphatic heterocycles. The summed E-state index contributed by atoms with van der Waals surface area (Å²) in [5, 5.41) is 17.2. The largest absolute Gasteiger partial charge is 0.394 e. The number of carbonyl (C=O) groups excluding carboxylic acids is 1. The molecule has 9 nitrogen and oxygen atoms in total. The molecule has 5 rings (SSSR count). The fourth-order valence-electron chi connectivity index (χ4n) is 4.62. The van der Waals surface area contributed by atoms with Crippen molar-refractivity contribution < 1.29 is 9.90 Å². The van der Waals surface area contributed by atoms with Crippen molar-refractivity contribution in [3.05, 3.63) is 95.3 Å². The molecule has 0 bridgehead atoms. The minimum absolute atomic E-state index is 0.0239. The van der Waals surface area contributed by atoms with Gasteiger partial charge in [0.05, 0.1) is 19.2 Å². The second kappa shape index (κ2) is 10.2. The predicted octanol–water partition coefficient (Wildman–Crippen LogP) is 2.51. The summed E-state index contributed by atoms with van der Waals surface area (Å²) >= 11 is 0. The fraction of sp³-hybridized carbons (Fsp3) is 0.308. The van der Waals surface area contributed by atoms with Crippen molar-refractivity contribution in [2.45, 2.75) is 39.0 Å². The summed E-state index contributed by atoms with van der Waals surface area (Å²) in [6, 6.07) is 15.6. The maximum atomic E-state index is 13.3. The van der Waals surface area contributed by atoms with Gasteiger partial charge in [0.2, 0.25) is 5.95 Å². The van der Waals surface area contributed by atoms with E-state index >= 15 is 0 Å². The number of nitrogens with one attached hydrogen (secondary N) is 1. The van der Waals surface area contributed by atoms with Crippen LogP contribution in [0.25, 0.3) is 5.95 Å². The number of hydrogen-bond acceptors (Lipinski definition) is 6. The number of aromatic nitrogens is 5. The number of amides is 1. The van der Waals surface area contributed by atoms with Gasteiger partial charge in [-0.25, -0.2) is 9.97 Å². The lowest BCUT2D eigenvalue weighted by Crippen LogP contribution is -2.33. The molecule has 4 aromatic rings. The highest BCUT2D eigenvalue weighted by atomic mass is 16.3. The number of hydrogen-bond donors (Lipinski definition) is 2. The number of aliphatic hydroxyl groups excluding tert-OH is 1. The summed E-state index contributed by atoms with van der Waals surface area (Å²) in [6.07, 6.45) is 6.18. The second-order valence-electron chi connectivity index (χ2n) is 8.71. The Morgan fingerprint density at radius 1 is 1.11 bits per heavy atom. The van der Waals surface area contributed by atoms with Crippen LogP contribution in [0.3, 0.4) is 0 Å². The van der Waals surface area contributed by atoms with Crippen LogP contribution in [0.2, 0.25) is 0 Å². The molecule has 9 heteroatoms. The van der Waals surface area contributed by atoms with Crippen molar-refractivity contribution in [3.63, 3.8) is 0 Å². The highest BCUT2D eigenvalue weighted by Gasteiger charge is 2.29. The Hall–Kier alpha value is -3.82. The van der Waals surface area contributed by atoms with E-state index in [0.29, 0.717) is 31.3 Å². The topological polar surface area (TPSA) is 101 Å². The zero-order chi connectivity index (χ0) is 24.2. The Morgan fingerprint density at radius 3 is 2.69 bits per heavy atom. The van der Waals surface area contributed by atoms with E-state index in [0.717, 1.165) is 35.5 Å². The summed E-state index contributed by atoms with van der Waals surface area (Å²) < 4.78 is 3.77. The van der Waals surface area contributed by atoms with Gasteiger partial charge >= 0.3 is 0 Å². The van der Waals surface area contributed by atoms with Crippen LogP contribution in [0.4, 0.5) is 0 Å². The van der Waals surface area contributed by atoms with Gasteiger partial charge in [-0.2, -0.15) is 5.10 Å². The maximum Gasteiger partial charge on any atom is 0.272 e. The Morgan fingerprint density at radius 2 is 1.91 bits per heavy atom. The van der Waals surface area contributed by atoms with Gasteiger partial charge in [0.25, 0.3) is 5.91 Å². The molecule has 1 amide bonds. The second-order valence-corrected chi connectivity index (χ2v) is 8.71. The zero-order valence-electron chi connectivity index (χ0n) is 19.7. The van der Waals surface area contributed by atoms with Crippen LogP contribution in [-0.4, -0.2) is 53.4 Å². The highest BCUT2D eigenvalue weighted by Crippen LogP contribution is 2.25. The first-order valence-corrected chi connectivity index (χ1v) is 11.8. The van der Waals surface area contributed by atoms with E-state index in [2.05, 4.69) is 31.3 Å². The number of aliphatic hydroxyl groups is 1. The van der Waals surface area contributed by atoms with Gasteiger partial charge in [-0.3, -0.25) is 18.9 Å². The molecule has 0 fully saturated rings. The van der Waals surface area contributed by atoms with Crippen LogP contribution in [0.5, 0.6) is 0 Å². The van der Waals surface area contributed by atoms with Gasteiger partial charge in [0, 0.05) is 61.6 Å². The quantitative estimate of drug-likeness (QED) is 0.410. The predicted molar refractivity (Wildman–Crippen MR) is 131 cm³/mol. The summed E-state index contributed by atoms with van der Waals surface area (Å²) in [4.78, 5) is 24.3. The number of nitrogens with zero attached hydrogens (tertiary/aromatic N) is 6. The third-order valence-electron chi connectivity index (χ3n) is 6.37. The first kappa shape index (κ1) is 22.9. The smallest absolute Gasteiger partial charge is 0.272 e. The van der Waals surface area contributed by atoms with Crippen LogP contribution in [0, 0.1) is 0 Å². The van der Waals surface area contributed by atoms with Gasteiger partial charge < -0.3 is 10.4 Å². The number of benzene rings is 1. The highest BCUT2D eigenvalue weighted by molar-refractivity contribution is 5.94. The molecule has 0 radical (unpaired) electrons.